The minimum atomic E-state index is -0.0720. The van der Waals surface area contributed by atoms with Crippen molar-refractivity contribution in [1.82, 2.24) is 10.6 Å². The number of hydrogen-bond acceptors (Lipinski definition) is 3. The van der Waals surface area contributed by atoms with Gasteiger partial charge in [-0.3, -0.25) is 4.79 Å². The Balaban J connectivity index is 1.97. The maximum Gasteiger partial charge on any atom is 0.246 e. The normalized spacial score (nSPS) is 35.5. The van der Waals surface area contributed by atoms with Crippen LogP contribution in [-0.2, 0) is 9.53 Å². The van der Waals surface area contributed by atoms with E-state index in [2.05, 4.69) is 10.6 Å². The van der Waals surface area contributed by atoms with E-state index in [1.807, 2.05) is 0 Å². The number of rotatable bonds is 0. The first-order valence-electron chi connectivity index (χ1n) is 4.92. The van der Waals surface area contributed by atoms with Crippen molar-refractivity contribution in [3.05, 3.63) is 0 Å². The molecule has 1 atom stereocenters. The molecular weight excluding hydrogens is 168 g/mol. The van der Waals surface area contributed by atoms with Gasteiger partial charge in [-0.2, -0.15) is 0 Å². The number of ether oxygens (including phenoxy) is 1. The third kappa shape index (κ3) is 2.00. The largest absolute Gasteiger partial charge is 0.363 e. The van der Waals surface area contributed by atoms with Crippen molar-refractivity contribution in [3.8, 4) is 0 Å². The van der Waals surface area contributed by atoms with Gasteiger partial charge in [0.05, 0.1) is 5.60 Å². The van der Waals surface area contributed by atoms with Crippen LogP contribution in [0.1, 0.15) is 19.3 Å². The molecule has 1 amide bonds. The molecule has 0 aliphatic carbocycles. The first-order chi connectivity index (χ1) is 6.31. The highest BCUT2D eigenvalue weighted by molar-refractivity contribution is 5.78. The molecule has 0 radical (unpaired) electrons. The van der Waals surface area contributed by atoms with Crippen molar-refractivity contribution in [2.24, 2.45) is 0 Å². The van der Waals surface area contributed by atoms with Crippen LogP contribution in [0.15, 0.2) is 0 Å². The predicted molar refractivity (Wildman–Crippen MR) is 48.4 cm³/mol. The lowest BCUT2D eigenvalue weighted by Gasteiger charge is -2.36. The fraction of sp³-hybridized carbons (Fsp3) is 0.889. The highest BCUT2D eigenvalue weighted by Gasteiger charge is 2.35. The maximum atomic E-state index is 10.9. The Morgan fingerprint density at radius 2 is 2.23 bits per heavy atom. The molecule has 1 spiro atoms. The third-order valence-corrected chi connectivity index (χ3v) is 2.86. The molecule has 0 saturated carbocycles. The van der Waals surface area contributed by atoms with Crippen molar-refractivity contribution in [3.63, 3.8) is 0 Å². The fourth-order valence-corrected chi connectivity index (χ4v) is 2.00. The average molecular weight is 184 g/mol. The molecule has 4 nitrogen and oxygen atoms in total. The number of hydrogen-bond donors (Lipinski definition) is 2. The average Bonchev–Trinajstić information content (AvgIpc) is 2.37. The standard InChI is InChI=1S/C9H16N2O2/c12-8-6-13-9(7-11-8)2-1-4-10-5-3-9/h10H,1-7H2,(H,11,12). The maximum absolute atomic E-state index is 10.9. The fourth-order valence-electron chi connectivity index (χ4n) is 2.00. The van der Waals surface area contributed by atoms with Crippen LogP contribution in [-0.4, -0.2) is 37.7 Å². The number of carbonyl (C=O) groups is 1. The first kappa shape index (κ1) is 8.97. The Morgan fingerprint density at radius 3 is 3.00 bits per heavy atom. The summed E-state index contributed by atoms with van der Waals surface area (Å²) in [4.78, 5) is 10.9. The summed E-state index contributed by atoms with van der Waals surface area (Å²) >= 11 is 0. The van der Waals surface area contributed by atoms with E-state index in [0.717, 1.165) is 32.4 Å². The van der Waals surface area contributed by atoms with Gasteiger partial charge in [-0.05, 0) is 32.4 Å². The molecule has 0 aromatic heterocycles. The lowest BCUT2D eigenvalue weighted by Crippen LogP contribution is -2.52. The Morgan fingerprint density at radius 1 is 1.31 bits per heavy atom. The summed E-state index contributed by atoms with van der Waals surface area (Å²) in [5.74, 6) is 0.0165. The summed E-state index contributed by atoms with van der Waals surface area (Å²) in [5.41, 5.74) is -0.0720. The molecule has 0 aromatic carbocycles. The van der Waals surface area contributed by atoms with Crippen molar-refractivity contribution < 1.29 is 9.53 Å². The second-order valence-corrected chi connectivity index (χ2v) is 3.85. The summed E-state index contributed by atoms with van der Waals surface area (Å²) in [5, 5.41) is 6.22. The molecule has 4 heteroatoms. The second kappa shape index (κ2) is 3.64. The van der Waals surface area contributed by atoms with Crippen molar-refractivity contribution in [1.29, 1.82) is 0 Å². The van der Waals surface area contributed by atoms with E-state index in [0.29, 0.717) is 6.54 Å². The van der Waals surface area contributed by atoms with Gasteiger partial charge in [0.25, 0.3) is 0 Å². The quantitative estimate of drug-likeness (QED) is 0.541. The van der Waals surface area contributed by atoms with Crippen molar-refractivity contribution in [2.75, 3.05) is 26.2 Å². The highest BCUT2D eigenvalue weighted by atomic mass is 16.5. The summed E-state index contributed by atoms with van der Waals surface area (Å²) in [6, 6.07) is 0. The number of morpholine rings is 1. The summed E-state index contributed by atoms with van der Waals surface area (Å²) in [6.07, 6.45) is 3.20. The lowest BCUT2D eigenvalue weighted by molar-refractivity contribution is -0.145. The molecule has 74 valence electrons. The second-order valence-electron chi connectivity index (χ2n) is 3.85. The lowest BCUT2D eigenvalue weighted by atomic mass is 9.93. The topological polar surface area (TPSA) is 50.4 Å². The number of carbonyl (C=O) groups excluding carboxylic acids is 1. The van der Waals surface area contributed by atoms with E-state index in [1.54, 1.807) is 0 Å². The summed E-state index contributed by atoms with van der Waals surface area (Å²) in [6.45, 7) is 2.99. The highest BCUT2D eigenvalue weighted by Crippen LogP contribution is 2.25. The van der Waals surface area contributed by atoms with Gasteiger partial charge in [0.2, 0.25) is 5.91 Å². The number of nitrogens with one attached hydrogen (secondary N) is 2. The van der Waals surface area contributed by atoms with E-state index in [9.17, 15) is 4.79 Å². The van der Waals surface area contributed by atoms with Gasteiger partial charge in [0.1, 0.15) is 6.61 Å². The minimum Gasteiger partial charge on any atom is -0.363 e. The van der Waals surface area contributed by atoms with Gasteiger partial charge in [-0.15, -0.1) is 0 Å². The Labute approximate surface area is 78.0 Å². The predicted octanol–water partition coefficient (Wildman–Crippen LogP) is -0.355. The molecule has 1 unspecified atom stereocenters. The van der Waals surface area contributed by atoms with Gasteiger partial charge >= 0.3 is 0 Å². The zero-order valence-electron chi connectivity index (χ0n) is 7.77. The van der Waals surface area contributed by atoms with Crippen LogP contribution in [0.3, 0.4) is 0 Å². The Kier molecular flexibility index (Phi) is 2.51. The molecule has 2 fully saturated rings. The van der Waals surface area contributed by atoms with Gasteiger partial charge in [0, 0.05) is 6.54 Å². The summed E-state index contributed by atoms with van der Waals surface area (Å²) in [7, 11) is 0. The van der Waals surface area contributed by atoms with Crippen LogP contribution in [0, 0.1) is 0 Å². The van der Waals surface area contributed by atoms with Crippen LogP contribution >= 0.6 is 0 Å². The van der Waals surface area contributed by atoms with Gasteiger partial charge in [-0.25, -0.2) is 0 Å². The zero-order chi connectivity index (χ0) is 9.15. The molecule has 2 aliphatic rings. The molecular formula is C9H16N2O2. The molecule has 2 saturated heterocycles. The number of amides is 1. The van der Waals surface area contributed by atoms with E-state index in [-0.39, 0.29) is 18.1 Å². The minimum absolute atomic E-state index is 0.0165. The monoisotopic (exact) mass is 184 g/mol. The van der Waals surface area contributed by atoms with Crippen LogP contribution < -0.4 is 10.6 Å². The first-order valence-corrected chi connectivity index (χ1v) is 4.92. The van der Waals surface area contributed by atoms with Crippen molar-refractivity contribution in [2.45, 2.75) is 24.9 Å². The zero-order valence-corrected chi connectivity index (χ0v) is 7.77. The SMILES string of the molecule is O=C1COC2(CCCNCC2)CN1. The van der Waals surface area contributed by atoms with Gasteiger partial charge in [0.15, 0.2) is 0 Å². The van der Waals surface area contributed by atoms with E-state index in [1.165, 1.54) is 0 Å². The summed E-state index contributed by atoms with van der Waals surface area (Å²) < 4.78 is 5.65. The molecule has 2 aliphatic heterocycles. The molecule has 13 heavy (non-hydrogen) atoms. The smallest absolute Gasteiger partial charge is 0.246 e. The molecule has 0 aromatic rings. The van der Waals surface area contributed by atoms with Crippen LogP contribution in [0.4, 0.5) is 0 Å². The molecule has 2 N–H and O–H groups in total. The Hall–Kier alpha value is -0.610. The van der Waals surface area contributed by atoms with E-state index in [4.69, 9.17) is 4.74 Å². The molecule has 0 bridgehead atoms. The van der Waals surface area contributed by atoms with Crippen LogP contribution in [0.5, 0.6) is 0 Å². The van der Waals surface area contributed by atoms with Crippen LogP contribution in [0.25, 0.3) is 0 Å². The van der Waals surface area contributed by atoms with Gasteiger partial charge < -0.3 is 15.4 Å². The third-order valence-electron chi connectivity index (χ3n) is 2.86. The van der Waals surface area contributed by atoms with E-state index < -0.39 is 0 Å². The molecule has 2 rings (SSSR count). The van der Waals surface area contributed by atoms with Gasteiger partial charge in [-0.1, -0.05) is 0 Å². The van der Waals surface area contributed by atoms with Crippen LogP contribution in [0.2, 0.25) is 0 Å². The van der Waals surface area contributed by atoms with E-state index >= 15 is 0 Å². The van der Waals surface area contributed by atoms with Crippen molar-refractivity contribution >= 4 is 5.91 Å². The molecule has 2 heterocycles. The Bertz CT molecular complexity index is 186.